The van der Waals surface area contributed by atoms with Crippen LogP contribution in [0.1, 0.15) is 25.7 Å². The maximum Gasteiger partial charge on any atom is 0.242 e. The summed E-state index contributed by atoms with van der Waals surface area (Å²) < 4.78 is 5.92. The lowest BCUT2D eigenvalue weighted by Crippen LogP contribution is -2.50. The Morgan fingerprint density at radius 3 is 2.35 bits per heavy atom. The van der Waals surface area contributed by atoms with Crippen molar-refractivity contribution in [2.75, 3.05) is 13.1 Å². The minimum Gasteiger partial charge on any atom is -0.490 e. The number of nitrogens with zero attached hydrogens (tertiary/aromatic N) is 1. The van der Waals surface area contributed by atoms with Gasteiger partial charge in [0.25, 0.3) is 0 Å². The Labute approximate surface area is 125 Å². The van der Waals surface area contributed by atoms with E-state index in [1.807, 2.05) is 35.2 Å². The van der Waals surface area contributed by atoms with Gasteiger partial charge < -0.3 is 15.4 Å². The predicted molar refractivity (Wildman–Crippen MR) is 80.1 cm³/mol. The highest BCUT2D eigenvalue weighted by Crippen LogP contribution is 2.35. The van der Waals surface area contributed by atoms with E-state index in [4.69, 9.17) is 10.5 Å². The lowest BCUT2D eigenvalue weighted by Gasteiger charge is -2.33. The van der Waals surface area contributed by atoms with Crippen molar-refractivity contribution in [2.45, 2.75) is 37.3 Å². The van der Waals surface area contributed by atoms with Crippen LogP contribution in [0, 0.1) is 0 Å². The van der Waals surface area contributed by atoms with Gasteiger partial charge in [-0.2, -0.15) is 0 Å². The number of hydrogen-bond acceptors (Lipinski definition) is 3. The number of ether oxygens (including phenoxy) is 1. The molecule has 1 aromatic carbocycles. The van der Waals surface area contributed by atoms with Gasteiger partial charge in [-0.1, -0.05) is 18.2 Å². The van der Waals surface area contributed by atoms with Gasteiger partial charge in [-0.15, -0.1) is 12.4 Å². The van der Waals surface area contributed by atoms with Gasteiger partial charge in [0, 0.05) is 25.9 Å². The van der Waals surface area contributed by atoms with Crippen molar-refractivity contribution in [3.63, 3.8) is 0 Å². The smallest absolute Gasteiger partial charge is 0.242 e. The number of rotatable bonds is 3. The fourth-order valence-corrected chi connectivity index (χ4v) is 2.53. The van der Waals surface area contributed by atoms with E-state index in [1.54, 1.807) is 0 Å². The first kappa shape index (κ1) is 15.1. The first-order valence-electron chi connectivity index (χ1n) is 6.97. The topological polar surface area (TPSA) is 55.6 Å². The quantitative estimate of drug-likeness (QED) is 0.928. The molecule has 2 N–H and O–H groups in total. The van der Waals surface area contributed by atoms with Crippen LogP contribution in [0.15, 0.2) is 30.3 Å². The molecule has 1 saturated carbocycles. The van der Waals surface area contributed by atoms with Gasteiger partial charge in [0.2, 0.25) is 5.91 Å². The van der Waals surface area contributed by atoms with Crippen molar-refractivity contribution in [2.24, 2.45) is 5.73 Å². The summed E-state index contributed by atoms with van der Waals surface area (Å²) in [6.07, 6.45) is 3.66. The van der Waals surface area contributed by atoms with E-state index in [0.717, 1.165) is 44.5 Å². The van der Waals surface area contributed by atoms with Gasteiger partial charge in [-0.25, -0.2) is 0 Å². The van der Waals surface area contributed by atoms with Crippen molar-refractivity contribution < 1.29 is 9.53 Å². The van der Waals surface area contributed by atoms with Crippen molar-refractivity contribution in [3.05, 3.63) is 30.3 Å². The number of nitrogens with two attached hydrogens (primary N) is 1. The summed E-state index contributed by atoms with van der Waals surface area (Å²) in [6.45, 7) is 1.52. The second-order valence-electron chi connectivity index (χ2n) is 5.58. The highest BCUT2D eigenvalue weighted by molar-refractivity contribution is 5.89. The summed E-state index contributed by atoms with van der Waals surface area (Å²) in [6, 6.07) is 9.86. The Morgan fingerprint density at radius 1 is 1.20 bits per heavy atom. The van der Waals surface area contributed by atoms with Crippen molar-refractivity contribution in [3.8, 4) is 5.75 Å². The standard InChI is InChI=1S/C15H20N2O2.ClH/c16-15(8-9-15)14(18)17-10-6-13(7-11-17)19-12-4-2-1-3-5-12;/h1-5,13H,6-11,16H2;1H. The second-order valence-corrected chi connectivity index (χ2v) is 5.58. The Balaban J connectivity index is 0.00000147. The van der Waals surface area contributed by atoms with Crippen molar-refractivity contribution in [1.29, 1.82) is 0 Å². The number of halogens is 1. The average Bonchev–Trinajstić information content (AvgIpc) is 3.19. The minimum atomic E-state index is -0.535. The van der Waals surface area contributed by atoms with E-state index >= 15 is 0 Å². The Kier molecular flexibility index (Phi) is 4.55. The summed E-state index contributed by atoms with van der Waals surface area (Å²) in [7, 11) is 0. The van der Waals surface area contributed by atoms with Crippen LogP contribution < -0.4 is 10.5 Å². The van der Waals surface area contributed by atoms with Crippen molar-refractivity contribution >= 4 is 18.3 Å². The van der Waals surface area contributed by atoms with Gasteiger partial charge in [0.1, 0.15) is 11.9 Å². The predicted octanol–water partition coefficient (Wildman–Crippen LogP) is 1.97. The summed E-state index contributed by atoms with van der Waals surface area (Å²) in [5.74, 6) is 1.04. The van der Waals surface area contributed by atoms with Gasteiger partial charge in [0.05, 0.1) is 5.54 Å². The van der Waals surface area contributed by atoms with Crippen LogP contribution in [0.25, 0.3) is 0 Å². The number of hydrogen-bond donors (Lipinski definition) is 1. The molecule has 3 rings (SSSR count). The van der Waals surface area contributed by atoms with Gasteiger partial charge in [-0.3, -0.25) is 4.79 Å². The average molecular weight is 297 g/mol. The van der Waals surface area contributed by atoms with Crippen molar-refractivity contribution in [1.82, 2.24) is 4.90 Å². The summed E-state index contributed by atoms with van der Waals surface area (Å²) in [5.41, 5.74) is 5.42. The molecule has 1 aliphatic carbocycles. The van der Waals surface area contributed by atoms with Crippen LogP contribution >= 0.6 is 12.4 Å². The Hall–Kier alpha value is -1.26. The molecule has 110 valence electrons. The van der Waals surface area contributed by atoms with Gasteiger partial charge >= 0.3 is 0 Å². The molecule has 5 heteroatoms. The molecule has 0 radical (unpaired) electrons. The number of likely N-dealkylation sites (tertiary alicyclic amines) is 1. The Bertz CT molecular complexity index is 454. The molecule has 4 nitrogen and oxygen atoms in total. The molecular formula is C15H21ClN2O2. The van der Waals surface area contributed by atoms with Crippen LogP contribution in [-0.4, -0.2) is 35.5 Å². The van der Waals surface area contributed by atoms with Crippen LogP contribution in [0.2, 0.25) is 0 Å². The molecule has 1 aliphatic heterocycles. The zero-order chi connectivity index (χ0) is 13.3. The van der Waals surface area contributed by atoms with Crippen LogP contribution in [0.5, 0.6) is 5.75 Å². The third-order valence-electron chi connectivity index (χ3n) is 3.99. The molecule has 0 unspecified atom stereocenters. The summed E-state index contributed by atoms with van der Waals surface area (Å²) >= 11 is 0. The third kappa shape index (κ3) is 3.25. The summed E-state index contributed by atoms with van der Waals surface area (Å²) in [4.78, 5) is 14.0. The Morgan fingerprint density at radius 2 is 1.80 bits per heavy atom. The largest absolute Gasteiger partial charge is 0.490 e. The molecule has 1 heterocycles. The van der Waals surface area contributed by atoms with Crippen LogP contribution in [-0.2, 0) is 4.79 Å². The number of para-hydroxylation sites is 1. The molecule has 0 spiro atoms. The molecule has 2 fully saturated rings. The first-order chi connectivity index (χ1) is 9.17. The summed E-state index contributed by atoms with van der Waals surface area (Å²) in [5, 5.41) is 0. The van der Waals surface area contributed by atoms with E-state index in [2.05, 4.69) is 0 Å². The molecule has 1 aromatic rings. The number of amides is 1. The van der Waals surface area contributed by atoms with E-state index in [-0.39, 0.29) is 24.4 Å². The van der Waals surface area contributed by atoms with E-state index < -0.39 is 5.54 Å². The molecule has 20 heavy (non-hydrogen) atoms. The molecule has 1 saturated heterocycles. The minimum absolute atomic E-state index is 0. The third-order valence-corrected chi connectivity index (χ3v) is 3.99. The zero-order valence-corrected chi connectivity index (χ0v) is 12.3. The van der Waals surface area contributed by atoms with E-state index in [0.29, 0.717) is 0 Å². The molecular weight excluding hydrogens is 276 g/mol. The van der Waals surface area contributed by atoms with Gasteiger partial charge in [-0.05, 0) is 25.0 Å². The zero-order valence-electron chi connectivity index (χ0n) is 11.5. The maximum absolute atomic E-state index is 12.1. The molecule has 0 aromatic heterocycles. The molecule has 0 atom stereocenters. The monoisotopic (exact) mass is 296 g/mol. The lowest BCUT2D eigenvalue weighted by atomic mass is 10.1. The molecule has 1 amide bonds. The molecule has 2 aliphatic rings. The number of benzene rings is 1. The highest BCUT2D eigenvalue weighted by atomic mass is 35.5. The van der Waals surface area contributed by atoms with Crippen LogP contribution in [0.4, 0.5) is 0 Å². The lowest BCUT2D eigenvalue weighted by molar-refractivity contribution is -0.135. The molecule has 0 bridgehead atoms. The number of piperidine rings is 1. The first-order valence-corrected chi connectivity index (χ1v) is 6.97. The van der Waals surface area contributed by atoms with Crippen LogP contribution in [0.3, 0.4) is 0 Å². The number of carbonyl (C=O) groups excluding carboxylic acids is 1. The number of carbonyl (C=O) groups is 1. The van der Waals surface area contributed by atoms with Gasteiger partial charge in [0.15, 0.2) is 0 Å². The van der Waals surface area contributed by atoms with E-state index in [1.165, 1.54) is 0 Å². The highest BCUT2D eigenvalue weighted by Gasteiger charge is 2.48. The fourth-order valence-electron chi connectivity index (χ4n) is 2.53. The normalized spacial score (nSPS) is 20.9. The maximum atomic E-state index is 12.1. The SMILES string of the molecule is Cl.NC1(C(=O)N2CCC(Oc3ccccc3)CC2)CC1. The van der Waals surface area contributed by atoms with E-state index in [9.17, 15) is 4.79 Å². The second kappa shape index (κ2) is 6.02. The fraction of sp³-hybridized carbons (Fsp3) is 0.533.